The number of piperidine rings is 1. The van der Waals surface area contributed by atoms with Crippen molar-refractivity contribution in [2.75, 3.05) is 63.1 Å². The molecule has 3 aromatic rings. The number of rotatable bonds is 8. The average molecular weight is 504 g/mol. The van der Waals surface area contributed by atoms with E-state index in [1.54, 1.807) is 0 Å². The van der Waals surface area contributed by atoms with Crippen LogP contribution in [0.1, 0.15) is 24.0 Å². The van der Waals surface area contributed by atoms with Gasteiger partial charge in [-0.3, -0.25) is 9.63 Å². The molecule has 8 heteroatoms. The fourth-order valence-electron chi connectivity index (χ4n) is 4.91. The van der Waals surface area contributed by atoms with Gasteiger partial charge < -0.3 is 19.9 Å². The number of ether oxygens (including phenoxy) is 1. The highest BCUT2D eigenvalue weighted by molar-refractivity contribution is 5.95. The normalized spacial score (nSPS) is 17.8. The van der Waals surface area contributed by atoms with Gasteiger partial charge >= 0.3 is 0 Å². The molecule has 1 N–H and O–H groups in total. The van der Waals surface area contributed by atoms with Gasteiger partial charge in [-0.1, -0.05) is 30.3 Å². The predicted octanol–water partition coefficient (Wildman–Crippen LogP) is 3.85. The SMILES string of the molecule is Cc1cc(N2CCN(C)CC2)nc2ccc(NC(=O)COC3CCN(OCc4ccccc4)CC3)cc12. The van der Waals surface area contributed by atoms with Gasteiger partial charge in [0.15, 0.2) is 0 Å². The van der Waals surface area contributed by atoms with Crippen molar-refractivity contribution in [3.63, 3.8) is 0 Å². The van der Waals surface area contributed by atoms with Crippen LogP contribution in [0.2, 0.25) is 0 Å². The number of hydroxylamine groups is 2. The van der Waals surface area contributed by atoms with E-state index in [1.807, 2.05) is 41.5 Å². The molecule has 1 aromatic heterocycles. The van der Waals surface area contributed by atoms with Gasteiger partial charge in [0.2, 0.25) is 5.91 Å². The van der Waals surface area contributed by atoms with Gasteiger partial charge in [-0.2, -0.15) is 5.06 Å². The Bertz CT molecular complexity index is 1190. The zero-order chi connectivity index (χ0) is 25.6. The van der Waals surface area contributed by atoms with Crippen molar-refractivity contribution >= 4 is 28.3 Å². The topological polar surface area (TPSA) is 70.2 Å². The summed E-state index contributed by atoms with van der Waals surface area (Å²) in [6, 6.07) is 18.2. The molecule has 2 aromatic carbocycles. The molecule has 2 saturated heterocycles. The van der Waals surface area contributed by atoms with Crippen molar-refractivity contribution < 1.29 is 14.4 Å². The maximum atomic E-state index is 12.6. The lowest BCUT2D eigenvalue weighted by Crippen LogP contribution is -2.44. The Morgan fingerprint density at radius 1 is 1.00 bits per heavy atom. The summed E-state index contributed by atoms with van der Waals surface area (Å²) >= 11 is 0. The molecule has 2 aliphatic rings. The Morgan fingerprint density at radius 3 is 2.51 bits per heavy atom. The fraction of sp³-hybridized carbons (Fsp3) is 0.448. The molecule has 0 radical (unpaired) electrons. The van der Waals surface area contributed by atoms with Gasteiger partial charge in [-0.25, -0.2) is 4.98 Å². The highest BCUT2D eigenvalue weighted by atomic mass is 16.7. The maximum absolute atomic E-state index is 12.6. The first-order chi connectivity index (χ1) is 18.0. The first kappa shape index (κ1) is 25.6. The Hall–Kier alpha value is -3.04. The second-order valence-electron chi connectivity index (χ2n) is 10.1. The van der Waals surface area contributed by atoms with Crippen LogP contribution in [0.15, 0.2) is 54.6 Å². The second-order valence-corrected chi connectivity index (χ2v) is 10.1. The molecule has 196 valence electrons. The zero-order valence-electron chi connectivity index (χ0n) is 21.9. The lowest BCUT2D eigenvalue weighted by molar-refractivity contribution is -0.192. The van der Waals surface area contributed by atoms with Crippen LogP contribution >= 0.6 is 0 Å². The first-order valence-corrected chi connectivity index (χ1v) is 13.2. The van der Waals surface area contributed by atoms with E-state index in [1.165, 1.54) is 0 Å². The summed E-state index contributed by atoms with van der Waals surface area (Å²) < 4.78 is 5.91. The summed E-state index contributed by atoms with van der Waals surface area (Å²) in [4.78, 5) is 28.1. The number of carbonyl (C=O) groups is 1. The molecule has 0 unspecified atom stereocenters. The number of aromatic nitrogens is 1. The van der Waals surface area contributed by atoms with E-state index in [9.17, 15) is 4.79 Å². The fourth-order valence-corrected chi connectivity index (χ4v) is 4.91. The second kappa shape index (κ2) is 12.0. The van der Waals surface area contributed by atoms with Gasteiger partial charge in [0.25, 0.3) is 0 Å². The molecule has 3 heterocycles. The number of hydrogen-bond acceptors (Lipinski definition) is 7. The summed E-state index contributed by atoms with van der Waals surface area (Å²) in [5.41, 5.74) is 4.03. The van der Waals surface area contributed by atoms with Crippen molar-refractivity contribution in [3.8, 4) is 0 Å². The maximum Gasteiger partial charge on any atom is 0.250 e. The van der Waals surface area contributed by atoms with Crippen LogP contribution in [0.3, 0.4) is 0 Å². The summed E-state index contributed by atoms with van der Waals surface area (Å²) in [6.45, 7) is 8.40. The zero-order valence-corrected chi connectivity index (χ0v) is 21.9. The molecule has 5 rings (SSSR count). The van der Waals surface area contributed by atoms with Crippen molar-refractivity contribution in [1.29, 1.82) is 0 Å². The molecule has 2 fully saturated rings. The molecule has 0 saturated carbocycles. The lowest BCUT2D eigenvalue weighted by atomic mass is 10.1. The predicted molar refractivity (Wildman–Crippen MR) is 147 cm³/mol. The first-order valence-electron chi connectivity index (χ1n) is 13.2. The third kappa shape index (κ3) is 6.84. The number of amides is 1. The Balaban J connectivity index is 1.08. The Morgan fingerprint density at radius 2 is 1.76 bits per heavy atom. The third-order valence-corrected chi connectivity index (χ3v) is 7.22. The van der Waals surface area contributed by atoms with E-state index in [0.29, 0.717) is 6.61 Å². The smallest absolute Gasteiger partial charge is 0.250 e. The molecule has 1 amide bonds. The van der Waals surface area contributed by atoms with Gasteiger partial charge in [0.05, 0.1) is 18.2 Å². The Labute approximate surface area is 219 Å². The van der Waals surface area contributed by atoms with E-state index < -0.39 is 0 Å². The quantitative estimate of drug-likeness (QED) is 0.501. The van der Waals surface area contributed by atoms with Gasteiger partial charge in [-0.05, 0) is 62.2 Å². The average Bonchev–Trinajstić information content (AvgIpc) is 2.92. The van der Waals surface area contributed by atoms with E-state index in [4.69, 9.17) is 14.6 Å². The number of nitrogens with zero attached hydrogens (tertiary/aromatic N) is 4. The molecule has 0 atom stereocenters. The minimum Gasteiger partial charge on any atom is -0.368 e. The number of aryl methyl sites for hydroxylation is 1. The number of carbonyl (C=O) groups excluding carboxylic acids is 1. The monoisotopic (exact) mass is 503 g/mol. The summed E-state index contributed by atoms with van der Waals surface area (Å²) in [5, 5.41) is 6.04. The number of fused-ring (bicyclic) bond motifs is 1. The van der Waals surface area contributed by atoms with Crippen LogP contribution in [0.25, 0.3) is 10.9 Å². The summed E-state index contributed by atoms with van der Waals surface area (Å²) in [7, 11) is 2.16. The van der Waals surface area contributed by atoms with Crippen LogP contribution in [0.4, 0.5) is 11.5 Å². The highest BCUT2D eigenvalue weighted by Crippen LogP contribution is 2.26. The number of benzene rings is 2. The van der Waals surface area contributed by atoms with Crippen molar-refractivity contribution in [2.24, 2.45) is 0 Å². The Kier molecular flexibility index (Phi) is 8.31. The molecule has 37 heavy (non-hydrogen) atoms. The van der Waals surface area contributed by atoms with Crippen LogP contribution < -0.4 is 10.2 Å². The molecule has 0 spiro atoms. The van der Waals surface area contributed by atoms with Crippen molar-refractivity contribution in [1.82, 2.24) is 14.9 Å². The van der Waals surface area contributed by atoms with E-state index >= 15 is 0 Å². The van der Waals surface area contributed by atoms with E-state index in [-0.39, 0.29) is 18.6 Å². The van der Waals surface area contributed by atoms with Crippen molar-refractivity contribution in [2.45, 2.75) is 32.5 Å². The van der Waals surface area contributed by atoms with E-state index in [0.717, 1.165) is 85.6 Å². The number of nitrogens with one attached hydrogen (secondary N) is 1. The largest absolute Gasteiger partial charge is 0.368 e. The molecular weight excluding hydrogens is 466 g/mol. The van der Waals surface area contributed by atoms with Crippen LogP contribution in [-0.2, 0) is 21.0 Å². The number of hydrogen-bond donors (Lipinski definition) is 1. The standard InChI is InChI=1S/C29H37N5O3/c1-22-18-28(33-16-14-32(2)15-17-33)31-27-9-8-24(19-26(22)27)30-29(35)21-36-25-10-12-34(13-11-25)37-20-23-6-4-3-5-7-23/h3-9,18-19,25H,10-17,20-21H2,1-2H3,(H,30,35). The summed E-state index contributed by atoms with van der Waals surface area (Å²) in [5.74, 6) is 0.890. The van der Waals surface area contributed by atoms with Crippen LogP contribution in [0, 0.1) is 6.92 Å². The van der Waals surface area contributed by atoms with Gasteiger partial charge in [0.1, 0.15) is 12.4 Å². The molecule has 0 aliphatic carbocycles. The lowest BCUT2D eigenvalue weighted by Gasteiger charge is -2.33. The van der Waals surface area contributed by atoms with Crippen LogP contribution in [-0.4, -0.2) is 79.9 Å². The molecular formula is C29H37N5O3. The number of likely N-dealkylation sites (N-methyl/N-ethyl adjacent to an activating group) is 1. The van der Waals surface area contributed by atoms with Gasteiger partial charge in [0, 0.05) is 50.3 Å². The van der Waals surface area contributed by atoms with Crippen LogP contribution in [0.5, 0.6) is 0 Å². The molecule has 8 nitrogen and oxygen atoms in total. The van der Waals surface area contributed by atoms with Crippen molar-refractivity contribution in [3.05, 3.63) is 65.7 Å². The molecule has 0 bridgehead atoms. The third-order valence-electron chi connectivity index (χ3n) is 7.22. The van der Waals surface area contributed by atoms with Gasteiger partial charge in [-0.15, -0.1) is 0 Å². The number of pyridine rings is 1. The molecule has 2 aliphatic heterocycles. The van der Waals surface area contributed by atoms with E-state index in [2.05, 4.69) is 47.3 Å². The highest BCUT2D eigenvalue weighted by Gasteiger charge is 2.21. The minimum atomic E-state index is -0.137. The number of piperazine rings is 1. The number of anilines is 2. The summed E-state index contributed by atoms with van der Waals surface area (Å²) in [6.07, 6.45) is 1.76. The minimum absolute atomic E-state index is 0.0488.